The van der Waals surface area contributed by atoms with Crippen LogP contribution in [0.4, 0.5) is 24.5 Å². The average molecular weight is 474 g/mol. The minimum absolute atomic E-state index is 0.0954. The number of carbonyl (C=O) groups is 1. The molecule has 0 amide bonds. The van der Waals surface area contributed by atoms with Gasteiger partial charge in [-0.3, -0.25) is 4.90 Å². The van der Waals surface area contributed by atoms with Gasteiger partial charge in [0.25, 0.3) is 0 Å². The molecule has 1 spiro atoms. The first-order valence-electron chi connectivity index (χ1n) is 10.7. The minimum atomic E-state index is -4.71. The maximum atomic E-state index is 13.5. The standard InChI is InChI=1S/C24H22F3N3O2S/c25-24(26,27)20-14-19(10-7-17(20)15-28)29-21(32)23(11-3-12-23)30(22(29)33)18-8-5-16(6-9-18)4-1-2-13-31/h5-10,13-14,21,32H,1-4,11-12H2. The molecule has 1 heterocycles. The minimum Gasteiger partial charge on any atom is -0.371 e. The van der Waals surface area contributed by atoms with E-state index >= 15 is 0 Å². The van der Waals surface area contributed by atoms with Crippen molar-refractivity contribution in [2.24, 2.45) is 0 Å². The number of nitrogens with zero attached hydrogens (tertiary/aromatic N) is 3. The molecule has 1 aliphatic heterocycles. The van der Waals surface area contributed by atoms with Gasteiger partial charge in [0.05, 0.1) is 22.7 Å². The SMILES string of the molecule is N#Cc1ccc(N2C(=S)N(c3ccc(CCCC=O)cc3)C3(CCC3)C2O)cc1C(F)(F)F. The highest BCUT2D eigenvalue weighted by Gasteiger charge is 2.59. The van der Waals surface area contributed by atoms with Crippen molar-refractivity contribution in [3.63, 3.8) is 0 Å². The number of benzene rings is 2. The fourth-order valence-electron chi connectivity index (χ4n) is 4.61. The van der Waals surface area contributed by atoms with Gasteiger partial charge < -0.3 is 14.8 Å². The summed E-state index contributed by atoms with van der Waals surface area (Å²) in [5, 5.41) is 20.6. The van der Waals surface area contributed by atoms with Crippen LogP contribution in [0, 0.1) is 11.3 Å². The zero-order chi connectivity index (χ0) is 23.8. The van der Waals surface area contributed by atoms with Crippen molar-refractivity contribution >= 4 is 35.0 Å². The molecular formula is C24H22F3N3O2S. The lowest BCUT2D eigenvalue weighted by Crippen LogP contribution is -2.57. The summed E-state index contributed by atoms with van der Waals surface area (Å²) in [5.74, 6) is 0. The summed E-state index contributed by atoms with van der Waals surface area (Å²) in [6.45, 7) is 0. The third kappa shape index (κ3) is 3.98. The summed E-state index contributed by atoms with van der Waals surface area (Å²) >= 11 is 5.68. The highest BCUT2D eigenvalue weighted by atomic mass is 32.1. The molecule has 33 heavy (non-hydrogen) atoms. The molecule has 172 valence electrons. The lowest BCUT2D eigenvalue weighted by molar-refractivity contribution is -0.137. The summed E-state index contributed by atoms with van der Waals surface area (Å²) in [6, 6.07) is 12.6. The van der Waals surface area contributed by atoms with Crippen LogP contribution in [-0.4, -0.2) is 28.3 Å². The largest absolute Gasteiger partial charge is 0.417 e. The summed E-state index contributed by atoms with van der Waals surface area (Å²) in [4.78, 5) is 13.7. The van der Waals surface area contributed by atoms with E-state index in [-0.39, 0.29) is 10.8 Å². The topological polar surface area (TPSA) is 67.6 Å². The third-order valence-corrected chi connectivity index (χ3v) is 6.86. The van der Waals surface area contributed by atoms with E-state index in [1.807, 2.05) is 29.2 Å². The molecule has 2 aromatic carbocycles. The summed E-state index contributed by atoms with van der Waals surface area (Å²) < 4.78 is 40.6. The molecule has 9 heteroatoms. The second-order valence-electron chi connectivity index (χ2n) is 8.38. The maximum Gasteiger partial charge on any atom is 0.417 e. The predicted octanol–water partition coefficient (Wildman–Crippen LogP) is 4.95. The molecule has 1 aliphatic carbocycles. The van der Waals surface area contributed by atoms with Crippen molar-refractivity contribution in [1.82, 2.24) is 0 Å². The molecule has 1 atom stereocenters. The number of aryl methyl sites for hydroxylation is 1. The van der Waals surface area contributed by atoms with Gasteiger partial charge in [-0.15, -0.1) is 0 Å². The smallest absolute Gasteiger partial charge is 0.371 e. The van der Waals surface area contributed by atoms with Gasteiger partial charge in [-0.25, -0.2) is 0 Å². The molecule has 4 rings (SSSR count). The number of unbranched alkanes of at least 4 members (excludes halogenated alkanes) is 1. The molecule has 5 nitrogen and oxygen atoms in total. The molecular weight excluding hydrogens is 451 g/mol. The van der Waals surface area contributed by atoms with Crippen LogP contribution in [0.3, 0.4) is 0 Å². The van der Waals surface area contributed by atoms with Crippen LogP contribution in [0.1, 0.15) is 48.8 Å². The predicted molar refractivity (Wildman–Crippen MR) is 122 cm³/mol. The Bertz CT molecular complexity index is 1110. The first-order chi connectivity index (χ1) is 15.7. The Labute approximate surface area is 195 Å². The number of alkyl halides is 3. The number of aliphatic hydroxyl groups excluding tert-OH is 1. The molecule has 1 unspecified atom stereocenters. The van der Waals surface area contributed by atoms with Crippen LogP contribution in [0.15, 0.2) is 42.5 Å². The normalized spacial score (nSPS) is 19.5. The Kier molecular flexibility index (Phi) is 6.16. The molecule has 2 aliphatic rings. The van der Waals surface area contributed by atoms with Gasteiger partial charge >= 0.3 is 6.18 Å². The number of anilines is 2. The van der Waals surface area contributed by atoms with E-state index < -0.39 is 29.1 Å². The highest BCUT2D eigenvalue weighted by molar-refractivity contribution is 7.80. The van der Waals surface area contributed by atoms with Gasteiger partial charge in [-0.05, 0) is 80.2 Å². The first kappa shape index (κ1) is 23.2. The van der Waals surface area contributed by atoms with Crippen molar-refractivity contribution in [2.45, 2.75) is 56.5 Å². The molecule has 0 aromatic heterocycles. The first-order valence-corrected chi connectivity index (χ1v) is 11.1. The van der Waals surface area contributed by atoms with Gasteiger partial charge in [0.15, 0.2) is 11.3 Å². The van der Waals surface area contributed by atoms with Gasteiger partial charge in [-0.2, -0.15) is 18.4 Å². The van der Waals surface area contributed by atoms with E-state index in [1.54, 1.807) is 6.07 Å². The third-order valence-electron chi connectivity index (χ3n) is 6.48. The van der Waals surface area contributed by atoms with Crippen LogP contribution in [0.25, 0.3) is 0 Å². The highest BCUT2D eigenvalue weighted by Crippen LogP contribution is 2.50. The molecule has 2 fully saturated rings. The summed E-state index contributed by atoms with van der Waals surface area (Å²) in [7, 11) is 0. The molecule has 0 radical (unpaired) electrons. The second kappa shape index (κ2) is 8.76. The zero-order valence-electron chi connectivity index (χ0n) is 17.7. The van der Waals surface area contributed by atoms with Crippen molar-refractivity contribution in [1.29, 1.82) is 5.26 Å². The lowest BCUT2D eigenvalue weighted by Gasteiger charge is -2.46. The zero-order valence-corrected chi connectivity index (χ0v) is 18.5. The Hall–Kier alpha value is -2.96. The van der Waals surface area contributed by atoms with Crippen LogP contribution in [0.2, 0.25) is 0 Å². The monoisotopic (exact) mass is 473 g/mol. The fourth-order valence-corrected chi connectivity index (χ4v) is 5.11. The van der Waals surface area contributed by atoms with Gasteiger partial charge in [-0.1, -0.05) is 12.1 Å². The van der Waals surface area contributed by atoms with Crippen LogP contribution in [-0.2, 0) is 17.4 Å². The number of hydrogen-bond acceptors (Lipinski definition) is 4. The van der Waals surface area contributed by atoms with Gasteiger partial charge in [0.2, 0.25) is 0 Å². The van der Waals surface area contributed by atoms with E-state index in [4.69, 9.17) is 17.5 Å². The number of halogens is 3. The number of aliphatic hydroxyl groups is 1. The van der Waals surface area contributed by atoms with Crippen molar-refractivity contribution in [2.75, 3.05) is 9.80 Å². The van der Waals surface area contributed by atoms with E-state index in [1.165, 1.54) is 11.0 Å². The van der Waals surface area contributed by atoms with Crippen LogP contribution >= 0.6 is 12.2 Å². The summed E-state index contributed by atoms with van der Waals surface area (Å²) in [6.07, 6.45) is -0.775. The fraction of sp³-hybridized carbons (Fsp3) is 0.375. The maximum absolute atomic E-state index is 13.5. The summed E-state index contributed by atoms with van der Waals surface area (Å²) in [5.41, 5.74) is -0.344. The van der Waals surface area contributed by atoms with Gasteiger partial charge in [0, 0.05) is 17.8 Å². The Morgan fingerprint density at radius 2 is 1.85 bits per heavy atom. The van der Waals surface area contributed by atoms with E-state index in [2.05, 4.69) is 0 Å². The quantitative estimate of drug-likeness (QED) is 0.364. The van der Waals surface area contributed by atoms with Crippen LogP contribution < -0.4 is 9.80 Å². The number of nitriles is 1. The van der Waals surface area contributed by atoms with Crippen molar-refractivity contribution < 1.29 is 23.1 Å². The number of aldehydes is 1. The second-order valence-corrected chi connectivity index (χ2v) is 8.75. The van der Waals surface area contributed by atoms with E-state index in [0.29, 0.717) is 19.3 Å². The van der Waals surface area contributed by atoms with Gasteiger partial charge in [0.1, 0.15) is 6.29 Å². The number of carbonyl (C=O) groups excluding carboxylic acids is 1. The molecule has 2 aromatic rings. The molecule has 1 N–H and O–H groups in total. The molecule has 1 saturated carbocycles. The van der Waals surface area contributed by atoms with E-state index in [9.17, 15) is 23.1 Å². The van der Waals surface area contributed by atoms with E-state index in [0.717, 1.165) is 48.9 Å². The molecule has 1 saturated heterocycles. The van der Waals surface area contributed by atoms with Crippen molar-refractivity contribution in [3.8, 4) is 6.07 Å². The number of hydrogen-bond donors (Lipinski definition) is 1. The molecule has 0 bridgehead atoms. The average Bonchev–Trinajstić information content (AvgIpc) is 3.00. The number of rotatable bonds is 6. The Balaban J connectivity index is 1.69. The number of thiocarbonyl (C=S) groups is 1. The van der Waals surface area contributed by atoms with Crippen LogP contribution in [0.5, 0.6) is 0 Å². The van der Waals surface area contributed by atoms with Crippen molar-refractivity contribution in [3.05, 3.63) is 59.2 Å². The lowest BCUT2D eigenvalue weighted by atomic mass is 9.74. The Morgan fingerprint density at radius 3 is 2.39 bits per heavy atom. The Morgan fingerprint density at radius 1 is 1.18 bits per heavy atom.